The molecule has 0 radical (unpaired) electrons. The van der Waals surface area contributed by atoms with Gasteiger partial charge in [-0.15, -0.1) is 0 Å². The molecular formula is C10H5BrF3N3. The summed E-state index contributed by atoms with van der Waals surface area (Å²) < 4.78 is 39.1. The molecule has 2 aromatic rings. The molecule has 2 rings (SSSR count). The quantitative estimate of drug-likeness (QED) is 0.812. The first-order valence-electron chi connectivity index (χ1n) is 4.53. The lowest BCUT2D eigenvalue weighted by molar-refractivity contribution is -0.137. The molecule has 0 N–H and O–H groups in total. The van der Waals surface area contributed by atoms with Gasteiger partial charge >= 0.3 is 6.18 Å². The number of pyridine rings is 1. The molecule has 0 fully saturated rings. The van der Waals surface area contributed by atoms with Gasteiger partial charge in [0.1, 0.15) is 0 Å². The summed E-state index contributed by atoms with van der Waals surface area (Å²) in [5.74, 6) is 0. The molecule has 2 heterocycles. The number of nitrogens with zero attached hydrogens (tertiary/aromatic N) is 3. The van der Waals surface area contributed by atoms with E-state index in [0.717, 1.165) is 12.3 Å². The number of fused-ring (bicyclic) bond motifs is 1. The standard InChI is InChI=1S/C10H5BrF3N3/c11-8-3-6(10(12,13)14)4-17-5-7(1-2-15)16-9(8)17/h3-5H,1H2. The Kier molecular flexibility index (Phi) is 2.83. The molecule has 2 aromatic heterocycles. The van der Waals surface area contributed by atoms with Crippen LogP contribution in [-0.4, -0.2) is 9.38 Å². The number of alkyl halides is 3. The van der Waals surface area contributed by atoms with E-state index in [1.165, 1.54) is 10.6 Å². The Morgan fingerprint density at radius 2 is 2.12 bits per heavy atom. The van der Waals surface area contributed by atoms with E-state index in [0.29, 0.717) is 11.3 Å². The minimum absolute atomic E-state index is 0.0650. The van der Waals surface area contributed by atoms with Crippen LogP contribution in [0.3, 0.4) is 0 Å². The smallest absolute Gasteiger partial charge is 0.305 e. The Morgan fingerprint density at radius 3 is 2.71 bits per heavy atom. The predicted octanol–water partition coefficient (Wildman–Crippen LogP) is 3.18. The zero-order valence-electron chi connectivity index (χ0n) is 8.29. The van der Waals surface area contributed by atoms with Crippen LogP contribution in [0.1, 0.15) is 11.3 Å². The van der Waals surface area contributed by atoms with Gasteiger partial charge in [-0.2, -0.15) is 18.4 Å². The van der Waals surface area contributed by atoms with Crippen molar-refractivity contribution < 1.29 is 13.2 Å². The van der Waals surface area contributed by atoms with Crippen molar-refractivity contribution in [3.8, 4) is 6.07 Å². The molecule has 0 aliphatic rings. The van der Waals surface area contributed by atoms with Gasteiger partial charge < -0.3 is 4.40 Å². The molecule has 0 atom stereocenters. The van der Waals surface area contributed by atoms with Crippen LogP contribution in [0.25, 0.3) is 5.65 Å². The van der Waals surface area contributed by atoms with Crippen LogP contribution < -0.4 is 0 Å². The molecule has 88 valence electrons. The third-order valence-electron chi connectivity index (χ3n) is 2.14. The molecule has 0 amide bonds. The molecule has 0 bridgehead atoms. The lowest BCUT2D eigenvalue weighted by Gasteiger charge is -2.07. The first-order chi connectivity index (χ1) is 7.91. The third kappa shape index (κ3) is 2.26. The van der Waals surface area contributed by atoms with Gasteiger partial charge in [0.2, 0.25) is 0 Å². The molecule has 0 aromatic carbocycles. The van der Waals surface area contributed by atoms with Crippen molar-refractivity contribution in [3.63, 3.8) is 0 Å². The molecule has 3 nitrogen and oxygen atoms in total. The molecule has 0 aliphatic heterocycles. The highest BCUT2D eigenvalue weighted by Gasteiger charge is 2.31. The van der Waals surface area contributed by atoms with E-state index in [-0.39, 0.29) is 10.9 Å². The molecule has 0 saturated carbocycles. The Labute approximate surface area is 103 Å². The van der Waals surface area contributed by atoms with E-state index in [1.807, 2.05) is 6.07 Å². The summed E-state index contributed by atoms with van der Waals surface area (Å²) in [7, 11) is 0. The maximum absolute atomic E-state index is 12.5. The molecule has 0 aliphatic carbocycles. The summed E-state index contributed by atoms with van der Waals surface area (Å²) in [5.41, 5.74) is 0.0357. The third-order valence-corrected chi connectivity index (χ3v) is 2.73. The van der Waals surface area contributed by atoms with Gasteiger partial charge in [-0.3, -0.25) is 0 Å². The van der Waals surface area contributed by atoms with E-state index in [1.54, 1.807) is 0 Å². The van der Waals surface area contributed by atoms with Gasteiger partial charge in [0.15, 0.2) is 5.65 Å². The zero-order valence-corrected chi connectivity index (χ0v) is 9.88. The first kappa shape index (κ1) is 11.9. The number of hydrogen-bond donors (Lipinski definition) is 0. The number of rotatable bonds is 1. The van der Waals surface area contributed by atoms with Crippen LogP contribution in [0.15, 0.2) is 22.9 Å². The summed E-state index contributed by atoms with van der Waals surface area (Å²) in [5, 5.41) is 8.51. The monoisotopic (exact) mass is 303 g/mol. The second-order valence-corrected chi connectivity index (χ2v) is 4.23. The van der Waals surface area contributed by atoms with Crippen LogP contribution in [0.4, 0.5) is 13.2 Å². The van der Waals surface area contributed by atoms with Crippen molar-refractivity contribution in [1.82, 2.24) is 9.38 Å². The average Bonchev–Trinajstić information content (AvgIpc) is 2.60. The summed E-state index contributed by atoms with van der Waals surface area (Å²) in [6, 6.07) is 2.87. The minimum atomic E-state index is -4.41. The van der Waals surface area contributed by atoms with Gasteiger partial charge in [-0.1, -0.05) is 0 Å². The highest BCUT2D eigenvalue weighted by Crippen LogP contribution is 2.32. The zero-order chi connectivity index (χ0) is 12.6. The van der Waals surface area contributed by atoms with E-state index >= 15 is 0 Å². The highest BCUT2D eigenvalue weighted by atomic mass is 79.9. The van der Waals surface area contributed by atoms with Crippen molar-refractivity contribution in [3.05, 3.63) is 34.2 Å². The molecule has 0 unspecified atom stereocenters. The van der Waals surface area contributed by atoms with Crippen LogP contribution in [0, 0.1) is 11.3 Å². The van der Waals surface area contributed by atoms with E-state index in [2.05, 4.69) is 20.9 Å². The largest absolute Gasteiger partial charge is 0.417 e. The number of halogens is 4. The fourth-order valence-corrected chi connectivity index (χ4v) is 1.97. The maximum Gasteiger partial charge on any atom is 0.417 e. The summed E-state index contributed by atoms with van der Waals surface area (Å²) in [4.78, 5) is 4.05. The molecule has 7 heteroatoms. The maximum atomic E-state index is 12.5. The number of imidazole rings is 1. The Bertz CT molecular complexity index is 610. The molecule has 0 spiro atoms. The van der Waals surface area contributed by atoms with Gasteiger partial charge in [0, 0.05) is 12.4 Å². The lowest BCUT2D eigenvalue weighted by Crippen LogP contribution is -2.06. The second kappa shape index (κ2) is 4.04. The molecule has 0 saturated heterocycles. The molecular weight excluding hydrogens is 299 g/mol. The fourth-order valence-electron chi connectivity index (χ4n) is 1.43. The minimum Gasteiger partial charge on any atom is -0.305 e. The van der Waals surface area contributed by atoms with E-state index < -0.39 is 11.7 Å². The number of aromatic nitrogens is 2. The van der Waals surface area contributed by atoms with Crippen LogP contribution >= 0.6 is 15.9 Å². The summed E-state index contributed by atoms with van der Waals surface area (Å²) in [6.45, 7) is 0. The second-order valence-electron chi connectivity index (χ2n) is 3.37. The van der Waals surface area contributed by atoms with Gasteiger partial charge in [-0.05, 0) is 22.0 Å². The van der Waals surface area contributed by atoms with Crippen molar-refractivity contribution in [2.75, 3.05) is 0 Å². The Balaban J connectivity index is 2.62. The predicted molar refractivity (Wildman–Crippen MR) is 57.2 cm³/mol. The summed E-state index contributed by atoms with van der Waals surface area (Å²) >= 11 is 3.04. The Hall–Kier alpha value is -1.55. The van der Waals surface area contributed by atoms with E-state index in [4.69, 9.17) is 5.26 Å². The van der Waals surface area contributed by atoms with Gasteiger partial charge in [0.25, 0.3) is 0 Å². The summed E-state index contributed by atoms with van der Waals surface area (Å²) in [6.07, 6.45) is -1.97. The van der Waals surface area contributed by atoms with Crippen molar-refractivity contribution in [2.45, 2.75) is 12.6 Å². The van der Waals surface area contributed by atoms with Gasteiger partial charge in [-0.25, -0.2) is 4.98 Å². The topological polar surface area (TPSA) is 41.1 Å². The lowest BCUT2D eigenvalue weighted by atomic mass is 10.3. The number of hydrogen-bond acceptors (Lipinski definition) is 2. The van der Waals surface area contributed by atoms with Crippen molar-refractivity contribution in [2.24, 2.45) is 0 Å². The fraction of sp³-hybridized carbons (Fsp3) is 0.200. The van der Waals surface area contributed by atoms with Crippen LogP contribution in [0.5, 0.6) is 0 Å². The van der Waals surface area contributed by atoms with Crippen LogP contribution in [0.2, 0.25) is 0 Å². The van der Waals surface area contributed by atoms with Gasteiger partial charge in [0.05, 0.1) is 28.2 Å². The van der Waals surface area contributed by atoms with E-state index in [9.17, 15) is 13.2 Å². The number of nitriles is 1. The highest BCUT2D eigenvalue weighted by molar-refractivity contribution is 9.10. The Morgan fingerprint density at radius 1 is 1.41 bits per heavy atom. The van der Waals surface area contributed by atoms with Crippen molar-refractivity contribution in [1.29, 1.82) is 5.26 Å². The van der Waals surface area contributed by atoms with Crippen molar-refractivity contribution >= 4 is 21.6 Å². The molecule has 17 heavy (non-hydrogen) atoms. The SMILES string of the molecule is N#CCc1cn2cc(C(F)(F)F)cc(Br)c2n1. The average molecular weight is 304 g/mol. The normalized spacial score (nSPS) is 11.7. The van der Waals surface area contributed by atoms with Crippen LogP contribution in [-0.2, 0) is 12.6 Å². The first-order valence-corrected chi connectivity index (χ1v) is 5.32.